The third-order valence-corrected chi connectivity index (χ3v) is 3.60. The Morgan fingerprint density at radius 1 is 1.12 bits per heavy atom. The van der Waals surface area contributed by atoms with Crippen LogP contribution in [0, 0.1) is 5.92 Å². The normalized spacial score (nSPS) is 14.5. The zero-order valence-electron chi connectivity index (χ0n) is 13.8. The Hall–Kier alpha value is -2.50. The van der Waals surface area contributed by atoms with Crippen molar-refractivity contribution < 1.29 is 24.3 Å². The minimum absolute atomic E-state index is 0.172. The van der Waals surface area contributed by atoms with Crippen molar-refractivity contribution in [2.45, 2.75) is 45.6 Å². The Kier molecular flexibility index (Phi) is 8.39. The van der Waals surface area contributed by atoms with E-state index in [0.29, 0.717) is 38.6 Å². The Labute approximate surface area is 141 Å². The molecular formula is C18H23NO5. The molecule has 6 nitrogen and oxygen atoms in total. The van der Waals surface area contributed by atoms with Crippen LogP contribution in [0.5, 0.6) is 0 Å². The van der Waals surface area contributed by atoms with E-state index in [9.17, 15) is 19.2 Å². The van der Waals surface area contributed by atoms with E-state index < -0.39 is 12.0 Å². The second kappa shape index (κ2) is 10.3. The predicted molar refractivity (Wildman–Crippen MR) is 88.6 cm³/mol. The van der Waals surface area contributed by atoms with Crippen LogP contribution in [0.2, 0.25) is 0 Å². The molecule has 130 valence electrons. The number of rotatable bonds is 5. The van der Waals surface area contributed by atoms with Crippen molar-refractivity contribution in [3.63, 3.8) is 0 Å². The zero-order valence-corrected chi connectivity index (χ0v) is 13.8. The minimum Gasteiger partial charge on any atom is -0.465 e. The summed E-state index contributed by atoms with van der Waals surface area (Å²) in [6.45, 7) is 2.24. The fourth-order valence-corrected chi connectivity index (χ4v) is 2.43. The van der Waals surface area contributed by atoms with Crippen LogP contribution < -0.4 is 5.32 Å². The Balaban J connectivity index is 0.000000243. The van der Waals surface area contributed by atoms with E-state index in [-0.39, 0.29) is 17.3 Å². The van der Waals surface area contributed by atoms with Crippen molar-refractivity contribution in [3.8, 4) is 0 Å². The summed E-state index contributed by atoms with van der Waals surface area (Å²) >= 11 is 0. The summed E-state index contributed by atoms with van der Waals surface area (Å²) in [6.07, 6.45) is 1.47. The number of hydrogen-bond acceptors (Lipinski definition) is 4. The molecule has 1 amide bonds. The van der Waals surface area contributed by atoms with Crippen LogP contribution in [0.25, 0.3) is 0 Å². The lowest BCUT2D eigenvalue weighted by atomic mass is 9.82. The summed E-state index contributed by atoms with van der Waals surface area (Å²) in [5.74, 6) is -1.43. The molecule has 6 heteroatoms. The van der Waals surface area contributed by atoms with Gasteiger partial charge < -0.3 is 10.4 Å². The number of Topliss-reactive ketones (excluding diaryl/α,β-unsaturated/α-hetero) is 3. The molecule has 1 aliphatic carbocycles. The average Bonchev–Trinajstić information content (AvgIpc) is 2.55. The predicted octanol–water partition coefficient (Wildman–Crippen LogP) is 2.75. The number of carbonyl (C=O) groups is 4. The van der Waals surface area contributed by atoms with E-state index in [0.717, 1.165) is 5.56 Å². The average molecular weight is 333 g/mol. The standard InChI is InChI=1S/C10H14O3.C8H9NO2/c1-2-4-7(11)10-8(12)5-3-6-9(10)13;10-8(11)9-6-7-4-2-1-3-5-7/h10H,2-6H2,1H3;1-5,9H,6H2,(H,10,11). The lowest BCUT2D eigenvalue weighted by Crippen LogP contribution is -2.35. The molecule has 1 aromatic carbocycles. The summed E-state index contributed by atoms with van der Waals surface area (Å²) in [5, 5.41) is 10.5. The van der Waals surface area contributed by atoms with Gasteiger partial charge in [0, 0.05) is 25.8 Å². The third-order valence-electron chi connectivity index (χ3n) is 3.60. The quantitative estimate of drug-likeness (QED) is 0.807. The van der Waals surface area contributed by atoms with Gasteiger partial charge in [-0.15, -0.1) is 0 Å². The lowest BCUT2D eigenvalue weighted by Gasteiger charge is -2.17. The molecule has 2 rings (SSSR count). The van der Waals surface area contributed by atoms with Crippen LogP contribution in [0.1, 0.15) is 44.6 Å². The van der Waals surface area contributed by atoms with Gasteiger partial charge >= 0.3 is 6.09 Å². The second-order valence-corrected chi connectivity index (χ2v) is 5.58. The van der Waals surface area contributed by atoms with Gasteiger partial charge in [-0.25, -0.2) is 4.79 Å². The number of carboxylic acid groups (broad SMARTS) is 1. The van der Waals surface area contributed by atoms with Gasteiger partial charge in [-0.2, -0.15) is 0 Å². The molecular weight excluding hydrogens is 310 g/mol. The summed E-state index contributed by atoms with van der Waals surface area (Å²) in [7, 11) is 0. The Morgan fingerprint density at radius 2 is 1.71 bits per heavy atom. The minimum atomic E-state index is -0.992. The van der Waals surface area contributed by atoms with Crippen LogP contribution >= 0.6 is 0 Å². The van der Waals surface area contributed by atoms with Gasteiger partial charge in [0.1, 0.15) is 5.92 Å². The summed E-state index contributed by atoms with van der Waals surface area (Å²) in [4.78, 5) is 44.0. The van der Waals surface area contributed by atoms with Gasteiger partial charge in [-0.05, 0) is 18.4 Å². The van der Waals surface area contributed by atoms with Gasteiger partial charge in [-0.3, -0.25) is 14.4 Å². The Bertz CT molecular complexity index is 566. The number of ketones is 3. The first-order valence-electron chi connectivity index (χ1n) is 8.04. The SMILES string of the molecule is CCCC(=O)C1C(=O)CCCC1=O.O=C(O)NCc1ccccc1. The van der Waals surface area contributed by atoms with E-state index in [1.54, 1.807) is 0 Å². The highest BCUT2D eigenvalue weighted by molar-refractivity contribution is 6.20. The van der Waals surface area contributed by atoms with E-state index in [1.165, 1.54) is 0 Å². The van der Waals surface area contributed by atoms with E-state index in [2.05, 4.69) is 5.32 Å². The molecule has 1 fully saturated rings. The highest BCUT2D eigenvalue weighted by Crippen LogP contribution is 2.19. The van der Waals surface area contributed by atoms with Crippen molar-refractivity contribution >= 4 is 23.4 Å². The van der Waals surface area contributed by atoms with Crippen molar-refractivity contribution in [3.05, 3.63) is 35.9 Å². The highest BCUT2D eigenvalue weighted by atomic mass is 16.4. The molecule has 0 unspecified atom stereocenters. The number of hydrogen-bond donors (Lipinski definition) is 2. The maximum atomic E-state index is 11.4. The topological polar surface area (TPSA) is 101 Å². The molecule has 0 saturated heterocycles. The summed E-state index contributed by atoms with van der Waals surface area (Å²) < 4.78 is 0. The molecule has 0 bridgehead atoms. The molecule has 24 heavy (non-hydrogen) atoms. The second-order valence-electron chi connectivity index (χ2n) is 5.58. The number of amides is 1. The van der Waals surface area contributed by atoms with Crippen LogP contribution in [-0.4, -0.2) is 28.5 Å². The molecule has 0 atom stereocenters. The number of carbonyl (C=O) groups excluding carboxylic acids is 3. The van der Waals surface area contributed by atoms with Gasteiger partial charge in [-0.1, -0.05) is 37.3 Å². The van der Waals surface area contributed by atoms with Gasteiger partial charge in [0.15, 0.2) is 17.3 Å². The monoisotopic (exact) mass is 333 g/mol. The summed E-state index contributed by atoms with van der Waals surface area (Å²) in [5.41, 5.74) is 0.968. The molecule has 0 spiro atoms. The van der Waals surface area contributed by atoms with Crippen molar-refractivity contribution in [1.29, 1.82) is 0 Å². The molecule has 0 aliphatic heterocycles. The smallest absolute Gasteiger partial charge is 0.404 e. The van der Waals surface area contributed by atoms with Gasteiger partial charge in [0.05, 0.1) is 0 Å². The first-order chi connectivity index (χ1) is 11.5. The van der Waals surface area contributed by atoms with Gasteiger partial charge in [0.2, 0.25) is 0 Å². The highest BCUT2D eigenvalue weighted by Gasteiger charge is 2.34. The zero-order chi connectivity index (χ0) is 17.9. The first-order valence-corrected chi connectivity index (χ1v) is 8.04. The molecule has 1 saturated carbocycles. The molecule has 0 aromatic heterocycles. The maximum Gasteiger partial charge on any atom is 0.404 e. The number of benzene rings is 1. The maximum absolute atomic E-state index is 11.4. The molecule has 2 N–H and O–H groups in total. The Morgan fingerprint density at radius 3 is 2.21 bits per heavy atom. The van der Waals surface area contributed by atoms with Crippen LogP contribution in [-0.2, 0) is 20.9 Å². The van der Waals surface area contributed by atoms with Gasteiger partial charge in [0.25, 0.3) is 0 Å². The van der Waals surface area contributed by atoms with E-state index in [1.807, 2.05) is 37.3 Å². The van der Waals surface area contributed by atoms with E-state index >= 15 is 0 Å². The number of nitrogens with one attached hydrogen (secondary N) is 1. The van der Waals surface area contributed by atoms with Crippen LogP contribution in [0.15, 0.2) is 30.3 Å². The molecule has 1 aromatic rings. The molecule has 1 aliphatic rings. The van der Waals surface area contributed by atoms with Crippen LogP contribution in [0.4, 0.5) is 4.79 Å². The fourth-order valence-electron chi connectivity index (χ4n) is 2.43. The third kappa shape index (κ3) is 6.73. The largest absolute Gasteiger partial charge is 0.465 e. The molecule has 0 radical (unpaired) electrons. The van der Waals surface area contributed by atoms with E-state index in [4.69, 9.17) is 5.11 Å². The lowest BCUT2D eigenvalue weighted by molar-refractivity contribution is -0.142. The summed E-state index contributed by atoms with van der Waals surface area (Å²) in [6, 6.07) is 9.38. The first kappa shape index (κ1) is 19.5. The fraction of sp³-hybridized carbons (Fsp3) is 0.444. The van der Waals surface area contributed by atoms with Crippen LogP contribution in [0.3, 0.4) is 0 Å². The van der Waals surface area contributed by atoms with Crippen molar-refractivity contribution in [2.24, 2.45) is 5.92 Å². The van der Waals surface area contributed by atoms with Crippen molar-refractivity contribution in [1.82, 2.24) is 5.32 Å². The molecule has 0 heterocycles. The van der Waals surface area contributed by atoms with Crippen molar-refractivity contribution in [2.75, 3.05) is 0 Å².